The van der Waals surface area contributed by atoms with Crippen LogP contribution < -0.4 is 21.7 Å². The second kappa shape index (κ2) is 14.5. The van der Waals surface area contributed by atoms with Crippen LogP contribution in [0.15, 0.2) is 30.5 Å². The summed E-state index contributed by atoms with van der Waals surface area (Å²) in [6.07, 6.45) is 2.91. The molecular weight excluding hydrogens is 502 g/mol. The molecule has 3 atom stereocenters. The molecule has 0 spiro atoms. The van der Waals surface area contributed by atoms with Crippen LogP contribution in [0.4, 0.5) is 4.79 Å². The van der Waals surface area contributed by atoms with Crippen LogP contribution in [0.25, 0.3) is 10.9 Å². The quantitative estimate of drug-likeness (QED) is 0.191. The van der Waals surface area contributed by atoms with Crippen LogP contribution in [-0.4, -0.2) is 66.2 Å². The number of nitrogens with one attached hydrogen (secondary N) is 4. The summed E-state index contributed by atoms with van der Waals surface area (Å²) in [4.78, 5) is 53.5. The van der Waals surface area contributed by atoms with Crippen molar-refractivity contribution in [2.24, 2.45) is 11.7 Å². The Kier molecular flexibility index (Phi) is 11.8. The molecule has 1 aromatic carbocycles. The van der Waals surface area contributed by atoms with Gasteiger partial charge in [-0.15, -0.1) is 0 Å². The van der Waals surface area contributed by atoms with Crippen LogP contribution in [0.2, 0.25) is 0 Å². The van der Waals surface area contributed by atoms with Crippen molar-refractivity contribution in [1.29, 1.82) is 0 Å². The molecule has 2 aromatic rings. The van der Waals surface area contributed by atoms with Crippen molar-refractivity contribution in [3.8, 4) is 0 Å². The number of esters is 1. The van der Waals surface area contributed by atoms with E-state index < -0.39 is 47.6 Å². The minimum atomic E-state index is -0.932. The average Bonchev–Trinajstić information content (AvgIpc) is 3.27. The van der Waals surface area contributed by atoms with Crippen LogP contribution in [-0.2, 0) is 30.3 Å². The molecule has 3 amide bonds. The molecule has 216 valence electrons. The van der Waals surface area contributed by atoms with Gasteiger partial charge in [0.1, 0.15) is 17.7 Å². The van der Waals surface area contributed by atoms with Gasteiger partial charge in [0.15, 0.2) is 0 Å². The SMILES string of the molecule is COC(=O)[C@@H](NC(=O)[C@H](CCCCNC(=O)OC(C)(C)C)NC(=O)[C@H](N)Cc1c[nH]c2ccccc12)C(C)C. The summed E-state index contributed by atoms with van der Waals surface area (Å²) in [6, 6.07) is 5.03. The Morgan fingerprint density at radius 2 is 1.72 bits per heavy atom. The highest BCUT2D eigenvalue weighted by Crippen LogP contribution is 2.19. The first kappa shape index (κ1) is 31.6. The predicted molar refractivity (Wildman–Crippen MR) is 149 cm³/mol. The van der Waals surface area contributed by atoms with Crippen molar-refractivity contribution in [2.45, 2.75) is 84.0 Å². The highest BCUT2D eigenvalue weighted by molar-refractivity contribution is 5.92. The molecule has 2 rings (SSSR count). The number of alkyl carbamates (subject to hydrolysis) is 1. The van der Waals surface area contributed by atoms with E-state index in [1.165, 1.54) is 7.11 Å². The third-order valence-corrected chi connectivity index (χ3v) is 6.09. The number of carbonyl (C=O) groups excluding carboxylic acids is 4. The first-order chi connectivity index (χ1) is 18.3. The van der Waals surface area contributed by atoms with E-state index in [1.54, 1.807) is 34.6 Å². The second-order valence-electron chi connectivity index (χ2n) is 10.9. The van der Waals surface area contributed by atoms with Crippen LogP contribution in [0, 0.1) is 5.92 Å². The molecule has 0 bridgehead atoms. The summed E-state index contributed by atoms with van der Waals surface area (Å²) in [5.41, 5.74) is 7.47. The Balaban J connectivity index is 2.03. The summed E-state index contributed by atoms with van der Waals surface area (Å²) in [6.45, 7) is 9.25. The minimum Gasteiger partial charge on any atom is -0.467 e. The number of benzene rings is 1. The van der Waals surface area contributed by atoms with Crippen LogP contribution >= 0.6 is 0 Å². The third kappa shape index (κ3) is 10.2. The number of fused-ring (bicyclic) bond motifs is 1. The Morgan fingerprint density at radius 1 is 1.03 bits per heavy atom. The van der Waals surface area contributed by atoms with Gasteiger partial charge < -0.3 is 36.1 Å². The van der Waals surface area contributed by atoms with E-state index in [0.717, 1.165) is 16.5 Å². The molecule has 11 heteroatoms. The maximum Gasteiger partial charge on any atom is 0.407 e. The Morgan fingerprint density at radius 3 is 2.36 bits per heavy atom. The van der Waals surface area contributed by atoms with E-state index in [1.807, 2.05) is 30.5 Å². The standard InChI is InChI=1S/C28H43N5O6/c1-17(2)23(26(36)38-6)33-25(35)22(13-9-10-14-30-27(37)39-28(3,4)5)32-24(34)20(29)15-18-16-31-21-12-8-7-11-19(18)21/h7-8,11-12,16-17,20,22-23,31H,9-10,13-15,29H2,1-6H3,(H,30,37)(H,32,34)(H,33,35)/t20-,22+,23+/m1/s1. The van der Waals surface area contributed by atoms with Gasteiger partial charge in [-0.1, -0.05) is 32.0 Å². The number of unbranched alkanes of at least 4 members (excludes halogenated alkanes) is 1. The summed E-state index contributed by atoms with van der Waals surface area (Å²) >= 11 is 0. The lowest BCUT2D eigenvalue weighted by Crippen LogP contribution is -2.55. The molecule has 1 aromatic heterocycles. The zero-order valence-electron chi connectivity index (χ0n) is 23.8. The van der Waals surface area contributed by atoms with Gasteiger partial charge in [-0.25, -0.2) is 9.59 Å². The number of amides is 3. The van der Waals surface area contributed by atoms with E-state index in [0.29, 0.717) is 19.4 Å². The summed E-state index contributed by atoms with van der Waals surface area (Å²) in [7, 11) is 1.25. The summed E-state index contributed by atoms with van der Waals surface area (Å²) < 4.78 is 10.0. The molecule has 0 fully saturated rings. The molecule has 39 heavy (non-hydrogen) atoms. The summed E-state index contributed by atoms with van der Waals surface area (Å²) in [5, 5.41) is 9.12. The van der Waals surface area contributed by atoms with Crippen LogP contribution in [0.3, 0.4) is 0 Å². The van der Waals surface area contributed by atoms with Crippen molar-refractivity contribution in [3.05, 3.63) is 36.0 Å². The van der Waals surface area contributed by atoms with Gasteiger partial charge in [0.25, 0.3) is 0 Å². The van der Waals surface area contributed by atoms with E-state index in [9.17, 15) is 19.2 Å². The van der Waals surface area contributed by atoms with Gasteiger partial charge in [0.05, 0.1) is 13.2 Å². The average molecular weight is 546 g/mol. The summed E-state index contributed by atoms with van der Waals surface area (Å²) in [5.74, 6) is -1.78. The minimum absolute atomic E-state index is 0.222. The van der Waals surface area contributed by atoms with Crippen molar-refractivity contribution in [1.82, 2.24) is 20.9 Å². The molecule has 6 N–H and O–H groups in total. The van der Waals surface area contributed by atoms with Gasteiger partial charge >= 0.3 is 12.1 Å². The van der Waals surface area contributed by atoms with E-state index in [2.05, 4.69) is 20.9 Å². The number of hydrogen-bond donors (Lipinski definition) is 5. The maximum atomic E-state index is 13.2. The Hall–Kier alpha value is -3.60. The smallest absolute Gasteiger partial charge is 0.407 e. The molecule has 0 aliphatic rings. The first-order valence-electron chi connectivity index (χ1n) is 13.3. The molecule has 0 saturated carbocycles. The van der Waals surface area contributed by atoms with Gasteiger partial charge in [-0.05, 0) is 64.0 Å². The zero-order chi connectivity index (χ0) is 29.2. The van der Waals surface area contributed by atoms with Gasteiger partial charge in [-0.2, -0.15) is 0 Å². The van der Waals surface area contributed by atoms with Crippen LogP contribution in [0.5, 0.6) is 0 Å². The van der Waals surface area contributed by atoms with Crippen molar-refractivity contribution in [2.75, 3.05) is 13.7 Å². The normalized spacial score (nSPS) is 13.8. The number of carbonyl (C=O) groups is 4. The van der Waals surface area contributed by atoms with E-state index >= 15 is 0 Å². The molecule has 0 saturated heterocycles. The topological polar surface area (TPSA) is 165 Å². The van der Waals surface area contributed by atoms with Gasteiger partial charge in [-0.3, -0.25) is 9.59 Å². The van der Waals surface area contributed by atoms with Crippen LogP contribution in [0.1, 0.15) is 59.4 Å². The maximum absolute atomic E-state index is 13.2. The predicted octanol–water partition coefficient (Wildman–Crippen LogP) is 2.53. The number of aromatic amines is 1. The number of rotatable bonds is 13. The van der Waals surface area contributed by atoms with E-state index in [4.69, 9.17) is 15.2 Å². The molecular formula is C28H43N5O6. The lowest BCUT2D eigenvalue weighted by Gasteiger charge is -2.25. The van der Waals surface area contributed by atoms with Crippen molar-refractivity contribution in [3.63, 3.8) is 0 Å². The highest BCUT2D eigenvalue weighted by atomic mass is 16.6. The van der Waals surface area contributed by atoms with Crippen molar-refractivity contribution >= 4 is 34.8 Å². The lowest BCUT2D eigenvalue weighted by atomic mass is 10.0. The van der Waals surface area contributed by atoms with Gasteiger partial charge in [0, 0.05) is 23.6 Å². The van der Waals surface area contributed by atoms with Gasteiger partial charge in [0.2, 0.25) is 11.8 Å². The molecule has 11 nitrogen and oxygen atoms in total. The first-order valence-corrected chi connectivity index (χ1v) is 13.3. The second-order valence-corrected chi connectivity index (χ2v) is 10.9. The van der Waals surface area contributed by atoms with Crippen molar-refractivity contribution < 1.29 is 28.7 Å². The Labute approximate surface area is 229 Å². The third-order valence-electron chi connectivity index (χ3n) is 6.09. The number of nitrogens with two attached hydrogens (primary N) is 1. The molecule has 0 unspecified atom stereocenters. The molecule has 1 heterocycles. The number of ether oxygens (including phenoxy) is 2. The molecule has 0 radical (unpaired) electrons. The Bertz CT molecular complexity index is 1120. The zero-order valence-corrected chi connectivity index (χ0v) is 23.8. The van der Waals surface area contributed by atoms with E-state index in [-0.39, 0.29) is 18.8 Å². The highest BCUT2D eigenvalue weighted by Gasteiger charge is 2.30. The molecule has 0 aliphatic heterocycles. The fraction of sp³-hybridized carbons (Fsp3) is 0.571. The number of methoxy groups -OCH3 is 1. The number of aromatic nitrogens is 1. The largest absolute Gasteiger partial charge is 0.467 e. The number of para-hydroxylation sites is 1. The lowest BCUT2D eigenvalue weighted by molar-refractivity contribution is -0.146. The fourth-order valence-corrected chi connectivity index (χ4v) is 4.03. The molecule has 0 aliphatic carbocycles. The fourth-order valence-electron chi connectivity index (χ4n) is 4.03. The monoisotopic (exact) mass is 545 g/mol. The number of hydrogen-bond acceptors (Lipinski definition) is 7. The number of H-pyrrole nitrogens is 1.